The van der Waals surface area contributed by atoms with Gasteiger partial charge in [0.1, 0.15) is 0 Å². The summed E-state index contributed by atoms with van der Waals surface area (Å²) >= 11 is 2.93. The van der Waals surface area contributed by atoms with Crippen molar-refractivity contribution >= 4 is 15.9 Å². The molecule has 0 radical (unpaired) electrons. The van der Waals surface area contributed by atoms with Gasteiger partial charge in [-0.25, -0.2) is 8.78 Å². The van der Waals surface area contributed by atoms with Crippen LogP contribution in [0.15, 0.2) is 16.6 Å². The number of nitrogens with two attached hydrogens (primary N) is 1. The summed E-state index contributed by atoms with van der Waals surface area (Å²) in [4.78, 5) is 0. The third-order valence-electron chi connectivity index (χ3n) is 2.20. The molecule has 1 aromatic carbocycles. The second-order valence-corrected chi connectivity index (χ2v) is 4.10. The molecule has 78 valence electrons. The summed E-state index contributed by atoms with van der Waals surface area (Å²) in [6.45, 7) is 2.30. The molecule has 0 aliphatic rings. The van der Waals surface area contributed by atoms with E-state index >= 15 is 0 Å². The molecular weight excluding hydrogens is 252 g/mol. The van der Waals surface area contributed by atoms with Crippen molar-refractivity contribution in [3.05, 3.63) is 33.8 Å². The minimum atomic E-state index is -0.827. The molecule has 0 bridgehead atoms. The summed E-state index contributed by atoms with van der Waals surface area (Å²) in [6, 6.07) is 3.10. The summed E-state index contributed by atoms with van der Waals surface area (Å²) in [5.74, 6) is -1.66. The predicted molar refractivity (Wildman–Crippen MR) is 56.1 cm³/mol. The topological polar surface area (TPSA) is 26.0 Å². The van der Waals surface area contributed by atoms with Gasteiger partial charge in [-0.05, 0) is 46.4 Å². The molecule has 0 amide bonds. The SMILES string of the molecule is CC(CCN)c1ccc(Br)c(F)c1F. The van der Waals surface area contributed by atoms with Gasteiger partial charge in [0.15, 0.2) is 11.6 Å². The fourth-order valence-electron chi connectivity index (χ4n) is 1.33. The van der Waals surface area contributed by atoms with Gasteiger partial charge in [0.05, 0.1) is 4.47 Å². The Labute approximate surface area is 90.4 Å². The van der Waals surface area contributed by atoms with Crippen molar-refractivity contribution in [2.75, 3.05) is 6.54 Å². The minimum Gasteiger partial charge on any atom is -0.330 e. The first-order chi connectivity index (χ1) is 6.57. The molecule has 0 heterocycles. The Bertz CT molecular complexity index is 328. The molecule has 1 atom stereocenters. The van der Waals surface area contributed by atoms with E-state index in [9.17, 15) is 8.78 Å². The molecule has 0 aromatic heterocycles. The van der Waals surface area contributed by atoms with Gasteiger partial charge in [-0.15, -0.1) is 0 Å². The van der Waals surface area contributed by atoms with Crippen molar-refractivity contribution in [3.63, 3.8) is 0 Å². The van der Waals surface area contributed by atoms with Crippen molar-refractivity contribution in [2.45, 2.75) is 19.3 Å². The second kappa shape index (κ2) is 4.84. The van der Waals surface area contributed by atoms with E-state index in [4.69, 9.17) is 5.73 Å². The first-order valence-electron chi connectivity index (χ1n) is 4.41. The highest BCUT2D eigenvalue weighted by Gasteiger charge is 2.15. The maximum absolute atomic E-state index is 13.4. The summed E-state index contributed by atoms with van der Waals surface area (Å²) in [7, 11) is 0. The van der Waals surface area contributed by atoms with Crippen LogP contribution in [-0.4, -0.2) is 6.54 Å². The van der Waals surface area contributed by atoms with Gasteiger partial charge in [0.2, 0.25) is 0 Å². The fourth-order valence-corrected chi connectivity index (χ4v) is 1.63. The average molecular weight is 264 g/mol. The molecule has 0 saturated heterocycles. The molecule has 4 heteroatoms. The second-order valence-electron chi connectivity index (χ2n) is 3.24. The van der Waals surface area contributed by atoms with Crippen molar-refractivity contribution < 1.29 is 8.78 Å². The number of rotatable bonds is 3. The number of hydrogen-bond donors (Lipinski definition) is 1. The van der Waals surface area contributed by atoms with E-state index in [1.54, 1.807) is 6.07 Å². The molecular formula is C10H12BrF2N. The largest absolute Gasteiger partial charge is 0.330 e. The van der Waals surface area contributed by atoms with Gasteiger partial charge >= 0.3 is 0 Å². The van der Waals surface area contributed by atoms with E-state index in [2.05, 4.69) is 15.9 Å². The molecule has 2 N–H and O–H groups in total. The molecule has 1 unspecified atom stereocenters. The molecule has 1 rings (SSSR count). The standard InChI is InChI=1S/C10H12BrF2N/c1-6(4-5-14)7-2-3-8(11)10(13)9(7)12/h2-3,6H,4-5,14H2,1H3. The molecule has 0 saturated carbocycles. The molecule has 0 aliphatic heterocycles. The van der Waals surface area contributed by atoms with Gasteiger partial charge in [-0.1, -0.05) is 13.0 Å². The minimum absolute atomic E-state index is 0.0531. The van der Waals surface area contributed by atoms with E-state index in [1.165, 1.54) is 6.07 Å². The first-order valence-corrected chi connectivity index (χ1v) is 5.20. The Morgan fingerprint density at radius 1 is 1.36 bits per heavy atom. The highest BCUT2D eigenvalue weighted by atomic mass is 79.9. The molecule has 14 heavy (non-hydrogen) atoms. The van der Waals surface area contributed by atoms with E-state index < -0.39 is 11.6 Å². The van der Waals surface area contributed by atoms with Crippen molar-refractivity contribution in [3.8, 4) is 0 Å². The summed E-state index contributed by atoms with van der Waals surface area (Å²) in [6.07, 6.45) is 0.651. The number of halogens is 3. The molecule has 0 fully saturated rings. The highest BCUT2D eigenvalue weighted by molar-refractivity contribution is 9.10. The van der Waals surface area contributed by atoms with Crippen molar-refractivity contribution in [1.82, 2.24) is 0 Å². The van der Waals surface area contributed by atoms with Crippen LogP contribution in [0.1, 0.15) is 24.8 Å². The molecule has 1 aromatic rings. The van der Waals surface area contributed by atoms with Crippen LogP contribution in [0.5, 0.6) is 0 Å². The maximum atomic E-state index is 13.4. The van der Waals surface area contributed by atoms with E-state index in [0.717, 1.165) is 0 Å². The Hall–Kier alpha value is -0.480. The van der Waals surface area contributed by atoms with Gasteiger partial charge in [0, 0.05) is 0 Å². The zero-order valence-corrected chi connectivity index (χ0v) is 9.44. The highest BCUT2D eigenvalue weighted by Crippen LogP contribution is 2.27. The molecule has 0 spiro atoms. The lowest BCUT2D eigenvalue weighted by molar-refractivity contribution is 0.483. The summed E-state index contributed by atoms with van der Waals surface area (Å²) in [5.41, 5.74) is 5.74. The Balaban J connectivity index is 3.04. The van der Waals surface area contributed by atoms with Gasteiger partial charge in [-0.3, -0.25) is 0 Å². The zero-order chi connectivity index (χ0) is 10.7. The Morgan fingerprint density at radius 3 is 2.57 bits per heavy atom. The van der Waals surface area contributed by atoms with Crippen LogP contribution in [-0.2, 0) is 0 Å². The Kier molecular flexibility index (Phi) is 4.01. The van der Waals surface area contributed by atoms with Gasteiger partial charge in [0.25, 0.3) is 0 Å². The summed E-state index contributed by atoms with van der Waals surface area (Å²) in [5, 5.41) is 0. The lowest BCUT2D eigenvalue weighted by Crippen LogP contribution is -2.07. The zero-order valence-electron chi connectivity index (χ0n) is 7.86. The number of benzene rings is 1. The normalized spacial score (nSPS) is 12.9. The van der Waals surface area contributed by atoms with Crippen LogP contribution in [0, 0.1) is 11.6 Å². The van der Waals surface area contributed by atoms with Crippen molar-refractivity contribution in [1.29, 1.82) is 0 Å². The first kappa shape index (κ1) is 11.6. The van der Waals surface area contributed by atoms with Crippen LogP contribution in [0.4, 0.5) is 8.78 Å². The van der Waals surface area contributed by atoms with Crippen LogP contribution in [0.3, 0.4) is 0 Å². The predicted octanol–water partition coefficient (Wildman–Crippen LogP) is 3.18. The molecule has 0 aliphatic carbocycles. The van der Waals surface area contributed by atoms with Gasteiger partial charge < -0.3 is 5.73 Å². The smallest absolute Gasteiger partial charge is 0.173 e. The van der Waals surface area contributed by atoms with E-state index in [1.807, 2.05) is 6.92 Å². The van der Waals surface area contributed by atoms with Crippen LogP contribution < -0.4 is 5.73 Å². The van der Waals surface area contributed by atoms with E-state index in [-0.39, 0.29) is 10.4 Å². The lowest BCUT2D eigenvalue weighted by Gasteiger charge is -2.12. The van der Waals surface area contributed by atoms with Crippen LogP contribution >= 0.6 is 15.9 Å². The van der Waals surface area contributed by atoms with Crippen LogP contribution in [0.25, 0.3) is 0 Å². The monoisotopic (exact) mass is 263 g/mol. The maximum Gasteiger partial charge on any atom is 0.173 e. The van der Waals surface area contributed by atoms with E-state index in [0.29, 0.717) is 18.5 Å². The Morgan fingerprint density at radius 2 is 2.00 bits per heavy atom. The lowest BCUT2D eigenvalue weighted by atomic mass is 9.97. The fraction of sp³-hybridized carbons (Fsp3) is 0.400. The average Bonchev–Trinajstić information content (AvgIpc) is 2.15. The number of hydrogen-bond acceptors (Lipinski definition) is 1. The van der Waals surface area contributed by atoms with Crippen LogP contribution in [0.2, 0.25) is 0 Å². The molecule has 1 nitrogen and oxygen atoms in total. The third-order valence-corrected chi connectivity index (χ3v) is 2.81. The quantitative estimate of drug-likeness (QED) is 0.833. The van der Waals surface area contributed by atoms with Gasteiger partial charge in [-0.2, -0.15) is 0 Å². The third kappa shape index (κ3) is 2.30. The summed E-state index contributed by atoms with van der Waals surface area (Å²) < 4.78 is 26.7. The van der Waals surface area contributed by atoms with Crippen molar-refractivity contribution in [2.24, 2.45) is 5.73 Å².